The van der Waals surface area contributed by atoms with Crippen molar-refractivity contribution in [2.75, 3.05) is 25.2 Å². The molecule has 114 valence electrons. The minimum Gasteiger partial charge on any atom is -0.376 e. The second-order valence-electron chi connectivity index (χ2n) is 4.50. The van der Waals surface area contributed by atoms with Crippen molar-refractivity contribution in [2.45, 2.75) is 37.1 Å². The van der Waals surface area contributed by atoms with Gasteiger partial charge < -0.3 is 4.74 Å². The van der Waals surface area contributed by atoms with Crippen LogP contribution in [0.25, 0.3) is 0 Å². The molecule has 8 nitrogen and oxygen atoms in total. The van der Waals surface area contributed by atoms with Crippen molar-refractivity contribution in [3.8, 4) is 0 Å². The van der Waals surface area contributed by atoms with Crippen LogP contribution in [0.4, 0.5) is 0 Å². The van der Waals surface area contributed by atoms with Crippen LogP contribution in [0.5, 0.6) is 0 Å². The molecule has 0 aliphatic carbocycles. The van der Waals surface area contributed by atoms with E-state index in [2.05, 4.69) is 20.2 Å². The fourth-order valence-electron chi connectivity index (χ4n) is 1.91. The van der Waals surface area contributed by atoms with E-state index < -0.39 is 10.0 Å². The maximum atomic E-state index is 11.3. The van der Waals surface area contributed by atoms with Crippen LogP contribution in [-0.2, 0) is 21.3 Å². The number of aromatic nitrogens is 4. The minimum absolute atomic E-state index is 0.115. The van der Waals surface area contributed by atoms with Gasteiger partial charge in [-0.15, -0.1) is 5.10 Å². The van der Waals surface area contributed by atoms with Gasteiger partial charge in [-0.1, -0.05) is 11.8 Å². The maximum absolute atomic E-state index is 11.3. The third kappa shape index (κ3) is 4.69. The Hall–Kier alpha value is -0.710. The number of hydrogen-bond acceptors (Lipinski definition) is 7. The molecule has 1 atom stereocenters. The molecule has 1 aromatic heterocycles. The van der Waals surface area contributed by atoms with E-state index in [1.165, 1.54) is 18.8 Å². The number of rotatable bonds is 8. The summed E-state index contributed by atoms with van der Waals surface area (Å²) in [5, 5.41) is 12.3. The van der Waals surface area contributed by atoms with E-state index in [4.69, 9.17) is 4.74 Å². The molecule has 0 saturated carbocycles. The summed E-state index contributed by atoms with van der Waals surface area (Å²) >= 11 is 1.47. The predicted molar refractivity (Wildman–Crippen MR) is 75.0 cm³/mol. The van der Waals surface area contributed by atoms with Crippen molar-refractivity contribution in [3.63, 3.8) is 0 Å². The number of nitrogens with zero attached hydrogens (tertiary/aromatic N) is 4. The lowest BCUT2D eigenvalue weighted by Gasteiger charge is -2.09. The van der Waals surface area contributed by atoms with Gasteiger partial charge in [0.2, 0.25) is 15.2 Å². The van der Waals surface area contributed by atoms with Gasteiger partial charge >= 0.3 is 0 Å². The fourth-order valence-corrected chi connectivity index (χ4v) is 3.65. The summed E-state index contributed by atoms with van der Waals surface area (Å²) in [6.07, 6.45) is 2.85. The van der Waals surface area contributed by atoms with E-state index >= 15 is 0 Å². The van der Waals surface area contributed by atoms with Crippen LogP contribution in [0.3, 0.4) is 0 Å². The highest BCUT2D eigenvalue weighted by Gasteiger charge is 2.18. The predicted octanol–water partition coefficient (Wildman–Crippen LogP) is -0.117. The SMILES string of the molecule is CNS(=O)(=O)CCCSc1nnnn1CC1CCCO1. The number of thioether (sulfide) groups is 1. The van der Waals surface area contributed by atoms with Gasteiger partial charge in [0.15, 0.2) is 0 Å². The number of sulfonamides is 1. The first-order valence-electron chi connectivity index (χ1n) is 6.52. The summed E-state index contributed by atoms with van der Waals surface area (Å²) in [6, 6.07) is 0. The third-order valence-corrected chi connectivity index (χ3v) is 5.49. The van der Waals surface area contributed by atoms with E-state index in [1.54, 1.807) is 4.68 Å². The highest BCUT2D eigenvalue weighted by molar-refractivity contribution is 7.99. The standard InChI is InChI=1S/C10H19N5O3S2/c1-11-20(16,17)7-3-6-19-10-12-13-14-15(10)8-9-4-2-5-18-9/h9,11H,2-8H2,1H3. The second-order valence-corrected chi connectivity index (χ2v) is 7.61. The minimum atomic E-state index is -3.13. The average Bonchev–Trinajstić information content (AvgIpc) is 3.07. The van der Waals surface area contributed by atoms with E-state index in [-0.39, 0.29) is 11.9 Å². The Morgan fingerprint density at radius 1 is 1.55 bits per heavy atom. The lowest BCUT2D eigenvalue weighted by atomic mass is 10.2. The summed E-state index contributed by atoms with van der Waals surface area (Å²) < 4.78 is 32.1. The second kappa shape index (κ2) is 7.34. The quantitative estimate of drug-likeness (QED) is 0.526. The van der Waals surface area contributed by atoms with Gasteiger partial charge in [0, 0.05) is 12.4 Å². The molecular weight excluding hydrogens is 302 g/mol. The molecule has 0 bridgehead atoms. The Labute approximate surface area is 122 Å². The highest BCUT2D eigenvalue weighted by atomic mass is 32.2. The zero-order valence-electron chi connectivity index (χ0n) is 11.4. The zero-order chi connectivity index (χ0) is 14.4. The Kier molecular flexibility index (Phi) is 5.75. The molecule has 1 aliphatic rings. The fraction of sp³-hybridized carbons (Fsp3) is 0.900. The van der Waals surface area contributed by atoms with Gasteiger partial charge in [0.05, 0.1) is 18.4 Å². The Morgan fingerprint density at radius 2 is 2.40 bits per heavy atom. The van der Waals surface area contributed by atoms with Crippen molar-refractivity contribution in [1.29, 1.82) is 0 Å². The molecule has 1 unspecified atom stereocenters. The molecule has 0 spiro atoms. The van der Waals surface area contributed by atoms with Gasteiger partial charge in [-0.2, -0.15) is 0 Å². The molecule has 0 radical (unpaired) electrons. The van der Waals surface area contributed by atoms with Crippen molar-refractivity contribution in [2.24, 2.45) is 0 Å². The van der Waals surface area contributed by atoms with Crippen molar-refractivity contribution in [3.05, 3.63) is 0 Å². The topological polar surface area (TPSA) is 99.0 Å². The molecule has 2 rings (SSSR count). The zero-order valence-corrected chi connectivity index (χ0v) is 13.0. The van der Waals surface area contributed by atoms with Crippen molar-refractivity contribution in [1.82, 2.24) is 24.9 Å². The monoisotopic (exact) mass is 321 g/mol. The summed E-state index contributed by atoms with van der Waals surface area (Å²) in [5.74, 6) is 0.774. The lowest BCUT2D eigenvalue weighted by molar-refractivity contribution is 0.0912. The Bertz CT molecular complexity index is 513. The van der Waals surface area contributed by atoms with E-state index in [1.807, 2.05) is 0 Å². The molecular formula is C10H19N5O3S2. The van der Waals surface area contributed by atoms with Crippen molar-refractivity contribution < 1.29 is 13.2 Å². The average molecular weight is 321 g/mol. The molecule has 1 saturated heterocycles. The van der Waals surface area contributed by atoms with Crippen molar-refractivity contribution >= 4 is 21.8 Å². The number of hydrogen-bond donors (Lipinski definition) is 1. The van der Waals surface area contributed by atoms with E-state index in [9.17, 15) is 8.42 Å². The van der Waals surface area contributed by atoms with Gasteiger partial charge in [-0.25, -0.2) is 17.8 Å². The Balaban J connectivity index is 1.77. The maximum Gasteiger partial charge on any atom is 0.211 e. The molecule has 10 heteroatoms. The van der Waals surface area contributed by atoms with Gasteiger partial charge in [-0.3, -0.25) is 0 Å². The van der Waals surface area contributed by atoms with E-state index in [0.717, 1.165) is 19.4 Å². The van der Waals surface area contributed by atoms with Crippen LogP contribution in [0.15, 0.2) is 5.16 Å². The van der Waals surface area contributed by atoms with Crippen LogP contribution >= 0.6 is 11.8 Å². The molecule has 1 aliphatic heterocycles. The third-order valence-electron chi connectivity index (χ3n) is 3.00. The molecule has 1 N–H and O–H groups in total. The first-order valence-corrected chi connectivity index (χ1v) is 9.16. The summed E-state index contributed by atoms with van der Waals surface area (Å²) in [7, 11) is -1.71. The first-order chi connectivity index (χ1) is 9.61. The summed E-state index contributed by atoms with van der Waals surface area (Å²) in [4.78, 5) is 0. The summed E-state index contributed by atoms with van der Waals surface area (Å²) in [6.45, 7) is 1.46. The number of tetrazole rings is 1. The first kappa shape index (κ1) is 15.7. The largest absolute Gasteiger partial charge is 0.376 e. The molecule has 2 heterocycles. The normalized spacial score (nSPS) is 19.6. The van der Waals surface area contributed by atoms with E-state index in [0.29, 0.717) is 23.9 Å². The number of nitrogens with one attached hydrogen (secondary N) is 1. The molecule has 0 aromatic carbocycles. The van der Waals surface area contributed by atoms with Gasteiger partial charge in [0.1, 0.15) is 0 Å². The molecule has 0 amide bonds. The molecule has 1 fully saturated rings. The smallest absolute Gasteiger partial charge is 0.211 e. The van der Waals surface area contributed by atoms with Crippen LogP contribution in [0, 0.1) is 0 Å². The number of ether oxygens (including phenoxy) is 1. The molecule has 1 aromatic rings. The molecule has 20 heavy (non-hydrogen) atoms. The summed E-state index contributed by atoms with van der Waals surface area (Å²) in [5.41, 5.74) is 0. The highest BCUT2D eigenvalue weighted by Crippen LogP contribution is 2.18. The Morgan fingerprint density at radius 3 is 3.10 bits per heavy atom. The lowest BCUT2D eigenvalue weighted by Crippen LogP contribution is -2.22. The van der Waals surface area contributed by atoms with Gasteiger partial charge in [-0.05, 0) is 36.7 Å². The van der Waals surface area contributed by atoms with Gasteiger partial charge in [0.25, 0.3) is 0 Å². The van der Waals surface area contributed by atoms with Crippen LogP contribution in [0.2, 0.25) is 0 Å². The van der Waals surface area contributed by atoms with Crippen LogP contribution in [-0.4, -0.2) is 59.9 Å². The van der Waals surface area contributed by atoms with Crippen LogP contribution in [0.1, 0.15) is 19.3 Å². The van der Waals surface area contributed by atoms with Crippen LogP contribution < -0.4 is 4.72 Å².